The maximum atomic E-state index is 12.4. The highest BCUT2D eigenvalue weighted by molar-refractivity contribution is 6.02. The van der Waals surface area contributed by atoms with Gasteiger partial charge in [0.1, 0.15) is 0 Å². The molecule has 1 fully saturated rings. The van der Waals surface area contributed by atoms with E-state index in [4.69, 9.17) is 0 Å². The van der Waals surface area contributed by atoms with Crippen LogP contribution in [0, 0.1) is 0 Å². The third-order valence-electron chi connectivity index (χ3n) is 3.68. The summed E-state index contributed by atoms with van der Waals surface area (Å²) in [6, 6.07) is 11.9. The topological polar surface area (TPSA) is 91.4 Å². The number of hydrogen-bond donors (Lipinski definition) is 2. The second-order valence-corrected chi connectivity index (χ2v) is 5.30. The predicted octanol–water partition coefficient (Wildman–Crippen LogP) is 1.06. The first-order valence-electron chi connectivity index (χ1n) is 7.49. The van der Waals surface area contributed by atoms with Crippen molar-refractivity contribution in [2.75, 3.05) is 6.54 Å². The molecule has 0 spiro atoms. The van der Waals surface area contributed by atoms with E-state index in [1.807, 2.05) is 12.1 Å². The highest BCUT2D eigenvalue weighted by atomic mass is 16.2. The molecule has 0 radical (unpaired) electrons. The van der Waals surface area contributed by atoms with E-state index < -0.39 is 6.03 Å². The molecule has 0 unspecified atom stereocenters. The maximum absolute atomic E-state index is 12.4. The van der Waals surface area contributed by atoms with Gasteiger partial charge < -0.3 is 10.6 Å². The normalized spacial score (nSPS) is 13.8. The van der Waals surface area contributed by atoms with Crippen molar-refractivity contribution >= 4 is 17.8 Å². The van der Waals surface area contributed by atoms with E-state index in [-0.39, 0.29) is 24.9 Å². The molecule has 2 N–H and O–H groups in total. The summed E-state index contributed by atoms with van der Waals surface area (Å²) in [5.41, 5.74) is 1.79. The van der Waals surface area contributed by atoms with Gasteiger partial charge in [0.2, 0.25) is 5.91 Å². The number of nitrogens with one attached hydrogen (secondary N) is 2. The van der Waals surface area contributed by atoms with Crippen LogP contribution in [-0.2, 0) is 17.9 Å². The number of rotatable bonds is 5. The number of benzene rings is 1. The Bertz CT molecular complexity index is 760. The van der Waals surface area contributed by atoms with Crippen molar-refractivity contribution in [1.29, 1.82) is 0 Å². The van der Waals surface area contributed by atoms with Crippen LogP contribution < -0.4 is 10.6 Å². The van der Waals surface area contributed by atoms with Gasteiger partial charge in [-0.25, -0.2) is 4.79 Å². The third kappa shape index (κ3) is 3.40. The fourth-order valence-corrected chi connectivity index (χ4v) is 2.43. The molecule has 122 valence electrons. The minimum absolute atomic E-state index is 0.00707. The van der Waals surface area contributed by atoms with Crippen molar-refractivity contribution in [3.05, 3.63) is 65.5 Å². The van der Waals surface area contributed by atoms with Crippen molar-refractivity contribution in [1.82, 2.24) is 20.5 Å². The number of urea groups is 1. The van der Waals surface area contributed by atoms with Gasteiger partial charge in [0, 0.05) is 11.8 Å². The molecule has 1 aliphatic heterocycles. The zero-order valence-corrected chi connectivity index (χ0v) is 12.9. The lowest BCUT2D eigenvalue weighted by molar-refractivity contribution is -0.125. The molecule has 1 saturated heterocycles. The molecule has 3 rings (SSSR count). The molecule has 0 atom stereocenters. The highest BCUT2D eigenvalue weighted by Crippen LogP contribution is 2.14. The Morgan fingerprint density at radius 3 is 2.67 bits per heavy atom. The van der Waals surface area contributed by atoms with Crippen molar-refractivity contribution in [3.8, 4) is 0 Å². The van der Waals surface area contributed by atoms with Crippen LogP contribution in [0.15, 0.2) is 48.7 Å². The Kier molecular flexibility index (Phi) is 4.51. The molecule has 2 heterocycles. The van der Waals surface area contributed by atoms with E-state index in [9.17, 15) is 14.4 Å². The van der Waals surface area contributed by atoms with Gasteiger partial charge in [0.25, 0.3) is 5.91 Å². The fraction of sp³-hybridized carbons (Fsp3) is 0.176. The molecule has 7 heteroatoms. The molecule has 1 aliphatic rings. The molecule has 4 amide bonds. The third-order valence-corrected chi connectivity index (χ3v) is 3.68. The molecule has 0 saturated carbocycles. The summed E-state index contributed by atoms with van der Waals surface area (Å²) in [6.45, 7) is 0.363. The van der Waals surface area contributed by atoms with Crippen LogP contribution in [-0.4, -0.2) is 34.3 Å². The summed E-state index contributed by atoms with van der Waals surface area (Å²) in [5.74, 6) is -0.577. The van der Waals surface area contributed by atoms with E-state index >= 15 is 0 Å². The van der Waals surface area contributed by atoms with Crippen molar-refractivity contribution in [2.45, 2.75) is 13.1 Å². The SMILES string of the molecule is O=C(NCc1ccccn1)c1ccccc1CN1C(=O)CNC1=O. The highest BCUT2D eigenvalue weighted by Gasteiger charge is 2.29. The van der Waals surface area contributed by atoms with Crippen LogP contribution >= 0.6 is 0 Å². The van der Waals surface area contributed by atoms with Gasteiger partial charge in [-0.05, 0) is 23.8 Å². The van der Waals surface area contributed by atoms with Crippen LogP contribution in [0.2, 0.25) is 0 Å². The van der Waals surface area contributed by atoms with Crippen LogP contribution in [0.4, 0.5) is 4.79 Å². The molecular formula is C17H16N4O3. The van der Waals surface area contributed by atoms with Gasteiger partial charge in [0.05, 0.1) is 25.3 Å². The Morgan fingerprint density at radius 2 is 1.96 bits per heavy atom. The fourth-order valence-electron chi connectivity index (χ4n) is 2.43. The molecule has 1 aromatic carbocycles. The monoisotopic (exact) mass is 324 g/mol. The van der Waals surface area contributed by atoms with Gasteiger partial charge in [-0.2, -0.15) is 0 Å². The Labute approximate surface area is 138 Å². The zero-order chi connectivity index (χ0) is 16.9. The van der Waals surface area contributed by atoms with Gasteiger partial charge in [0.15, 0.2) is 0 Å². The quantitative estimate of drug-likeness (QED) is 0.805. The lowest BCUT2D eigenvalue weighted by Crippen LogP contribution is -2.32. The second kappa shape index (κ2) is 6.91. The summed E-state index contributed by atoms with van der Waals surface area (Å²) < 4.78 is 0. The summed E-state index contributed by atoms with van der Waals surface area (Å²) in [5, 5.41) is 5.26. The van der Waals surface area contributed by atoms with E-state index in [2.05, 4.69) is 15.6 Å². The van der Waals surface area contributed by atoms with Gasteiger partial charge >= 0.3 is 6.03 Å². The van der Waals surface area contributed by atoms with Crippen molar-refractivity contribution < 1.29 is 14.4 Å². The number of nitrogens with zero attached hydrogens (tertiary/aromatic N) is 2. The second-order valence-electron chi connectivity index (χ2n) is 5.30. The minimum Gasteiger partial charge on any atom is -0.346 e. The largest absolute Gasteiger partial charge is 0.346 e. The minimum atomic E-state index is -0.441. The predicted molar refractivity (Wildman–Crippen MR) is 85.8 cm³/mol. The van der Waals surface area contributed by atoms with Crippen LogP contribution in [0.25, 0.3) is 0 Å². The Balaban J connectivity index is 1.72. The summed E-state index contributed by atoms with van der Waals surface area (Å²) in [7, 11) is 0. The standard InChI is InChI=1S/C17H16N4O3/c22-15-10-20-17(24)21(15)11-12-5-1-2-7-14(12)16(23)19-9-13-6-3-4-8-18-13/h1-8H,9-11H2,(H,19,23)(H,20,24). The molecule has 0 aliphatic carbocycles. The Hall–Kier alpha value is -3.22. The van der Waals surface area contributed by atoms with Crippen molar-refractivity contribution in [2.24, 2.45) is 0 Å². The number of carbonyl (C=O) groups is 3. The number of aromatic nitrogens is 1. The van der Waals surface area contributed by atoms with Crippen LogP contribution in [0.3, 0.4) is 0 Å². The molecule has 7 nitrogen and oxygen atoms in total. The van der Waals surface area contributed by atoms with E-state index in [1.54, 1.807) is 36.5 Å². The molecule has 2 aromatic rings. The van der Waals surface area contributed by atoms with Crippen LogP contribution in [0.5, 0.6) is 0 Å². The molecule has 24 heavy (non-hydrogen) atoms. The summed E-state index contributed by atoms with van der Waals surface area (Å²) in [4.78, 5) is 41.1. The van der Waals surface area contributed by atoms with Gasteiger partial charge in [-0.3, -0.25) is 19.5 Å². The smallest absolute Gasteiger partial charge is 0.324 e. The van der Waals surface area contributed by atoms with Crippen LogP contribution in [0.1, 0.15) is 21.6 Å². The summed E-state index contributed by atoms with van der Waals surface area (Å²) >= 11 is 0. The first-order chi connectivity index (χ1) is 11.6. The van der Waals surface area contributed by atoms with Crippen molar-refractivity contribution in [3.63, 3.8) is 0 Å². The van der Waals surface area contributed by atoms with E-state index in [0.717, 1.165) is 10.6 Å². The number of hydrogen-bond acceptors (Lipinski definition) is 4. The maximum Gasteiger partial charge on any atom is 0.324 e. The average molecular weight is 324 g/mol. The zero-order valence-electron chi connectivity index (χ0n) is 12.9. The number of pyridine rings is 1. The molecule has 0 bridgehead atoms. The van der Waals surface area contributed by atoms with Gasteiger partial charge in [-0.1, -0.05) is 24.3 Å². The molecular weight excluding hydrogens is 308 g/mol. The van der Waals surface area contributed by atoms with E-state index in [0.29, 0.717) is 17.7 Å². The van der Waals surface area contributed by atoms with Gasteiger partial charge in [-0.15, -0.1) is 0 Å². The lowest BCUT2D eigenvalue weighted by atomic mass is 10.1. The Morgan fingerprint density at radius 1 is 1.17 bits per heavy atom. The first-order valence-corrected chi connectivity index (χ1v) is 7.49. The average Bonchev–Trinajstić information content (AvgIpc) is 2.93. The lowest BCUT2D eigenvalue weighted by Gasteiger charge is -2.15. The van der Waals surface area contributed by atoms with E-state index in [1.165, 1.54) is 0 Å². The number of imide groups is 1. The summed E-state index contributed by atoms with van der Waals surface area (Å²) in [6.07, 6.45) is 1.66. The first kappa shape index (κ1) is 15.7. The number of amides is 4. The number of carbonyl (C=O) groups excluding carboxylic acids is 3. The molecule has 1 aromatic heterocycles.